The Kier molecular flexibility index (Phi) is 4.40. The Labute approximate surface area is 115 Å². The second kappa shape index (κ2) is 6.04. The standard InChI is InChI=1S/C15H22N4/c1-12(14-16-9-5-10-17-14)6-7-13(2)15(3)8-4-11-18-19-15/h4-5,9-13H,6-8H2,1-3H3. The zero-order chi connectivity index (χ0) is 13.7. The molecule has 102 valence electrons. The quantitative estimate of drug-likeness (QED) is 0.797. The van der Waals surface area contributed by atoms with Gasteiger partial charge in [-0.25, -0.2) is 9.97 Å². The minimum absolute atomic E-state index is 0.0496. The summed E-state index contributed by atoms with van der Waals surface area (Å²) in [5, 5.41) is 8.48. The predicted octanol–water partition coefficient (Wildman–Crippen LogP) is 4.12. The largest absolute Gasteiger partial charge is 0.241 e. The summed E-state index contributed by atoms with van der Waals surface area (Å²) >= 11 is 0. The van der Waals surface area contributed by atoms with Crippen LogP contribution in [0, 0.1) is 5.92 Å². The van der Waals surface area contributed by atoms with Gasteiger partial charge in [-0.3, -0.25) is 0 Å². The predicted molar refractivity (Wildman–Crippen MR) is 75.9 cm³/mol. The van der Waals surface area contributed by atoms with Gasteiger partial charge in [0.25, 0.3) is 0 Å². The van der Waals surface area contributed by atoms with E-state index in [0.717, 1.165) is 25.1 Å². The zero-order valence-electron chi connectivity index (χ0n) is 12.0. The van der Waals surface area contributed by atoms with Gasteiger partial charge in [-0.1, -0.05) is 19.9 Å². The van der Waals surface area contributed by atoms with Crippen LogP contribution in [0.2, 0.25) is 0 Å². The summed E-state index contributed by atoms with van der Waals surface area (Å²) in [6, 6.07) is 1.86. The molecule has 0 amide bonds. The lowest BCUT2D eigenvalue weighted by atomic mass is 9.80. The number of hydrogen-bond donors (Lipinski definition) is 0. The first-order valence-corrected chi connectivity index (χ1v) is 6.96. The summed E-state index contributed by atoms with van der Waals surface area (Å²) in [6.45, 7) is 6.64. The van der Waals surface area contributed by atoms with Crippen LogP contribution in [0.15, 0.2) is 41.0 Å². The fourth-order valence-electron chi connectivity index (χ4n) is 2.35. The Bertz CT molecular complexity index is 454. The van der Waals surface area contributed by atoms with Gasteiger partial charge < -0.3 is 0 Å². The third kappa shape index (κ3) is 3.46. The molecule has 3 atom stereocenters. The third-order valence-electron chi connectivity index (χ3n) is 4.11. The van der Waals surface area contributed by atoms with Crippen molar-refractivity contribution in [1.29, 1.82) is 0 Å². The molecule has 0 fully saturated rings. The Morgan fingerprint density at radius 3 is 2.58 bits per heavy atom. The highest BCUT2D eigenvalue weighted by Crippen LogP contribution is 2.33. The maximum absolute atomic E-state index is 4.42. The number of nitrogens with zero attached hydrogens (tertiary/aromatic N) is 4. The molecule has 4 nitrogen and oxygen atoms in total. The summed E-state index contributed by atoms with van der Waals surface area (Å²) < 4.78 is 0. The molecule has 0 saturated carbocycles. The minimum Gasteiger partial charge on any atom is -0.241 e. The molecule has 1 aromatic heterocycles. The van der Waals surface area contributed by atoms with Crippen molar-refractivity contribution in [2.45, 2.75) is 51.5 Å². The summed E-state index contributed by atoms with van der Waals surface area (Å²) in [5.74, 6) is 1.83. The minimum atomic E-state index is -0.0496. The first kappa shape index (κ1) is 13.8. The van der Waals surface area contributed by atoms with Crippen molar-refractivity contribution in [2.75, 3.05) is 0 Å². The van der Waals surface area contributed by atoms with Gasteiger partial charge in [-0.2, -0.15) is 10.2 Å². The molecule has 1 aliphatic heterocycles. The number of aromatic nitrogens is 2. The fourth-order valence-corrected chi connectivity index (χ4v) is 2.35. The normalized spacial score (nSPS) is 25.2. The summed E-state index contributed by atoms with van der Waals surface area (Å²) in [7, 11) is 0. The Morgan fingerprint density at radius 1 is 1.21 bits per heavy atom. The van der Waals surface area contributed by atoms with Crippen LogP contribution in [0.25, 0.3) is 0 Å². The van der Waals surface area contributed by atoms with Crippen LogP contribution in [0.1, 0.15) is 51.8 Å². The second-order valence-corrected chi connectivity index (χ2v) is 5.65. The molecule has 0 bridgehead atoms. The van der Waals surface area contributed by atoms with E-state index in [2.05, 4.69) is 47.0 Å². The molecule has 1 aromatic rings. The van der Waals surface area contributed by atoms with Gasteiger partial charge in [0.1, 0.15) is 5.82 Å². The SMILES string of the molecule is CC(CCC(C)C1(C)CC=CN=N1)c1ncccn1. The molecule has 19 heavy (non-hydrogen) atoms. The van der Waals surface area contributed by atoms with E-state index in [1.165, 1.54) is 0 Å². The molecular formula is C15H22N4. The average Bonchev–Trinajstić information content (AvgIpc) is 2.46. The van der Waals surface area contributed by atoms with Crippen molar-refractivity contribution in [3.63, 3.8) is 0 Å². The van der Waals surface area contributed by atoms with Crippen molar-refractivity contribution in [2.24, 2.45) is 16.1 Å². The maximum atomic E-state index is 4.42. The first-order valence-electron chi connectivity index (χ1n) is 6.96. The van der Waals surface area contributed by atoms with Crippen LogP contribution in [-0.4, -0.2) is 15.5 Å². The fraction of sp³-hybridized carbons (Fsp3) is 0.600. The molecule has 4 heteroatoms. The maximum Gasteiger partial charge on any atom is 0.130 e. The van der Waals surface area contributed by atoms with E-state index in [1.807, 2.05) is 18.5 Å². The Hall–Kier alpha value is -1.58. The Balaban J connectivity index is 1.88. The smallest absolute Gasteiger partial charge is 0.130 e. The molecule has 0 saturated heterocycles. The number of rotatable bonds is 5. The monoisotopic (exact) mass is 258 g/mol. The topological polar surface area (TPSA) is 50.5 Å². The van der Waals surface area contributed by atoms with Crippen LogP contribution in [-0.2, 0) is 0 Å². The highest BCUT2D eigenvalue weighted by Gasteiger charge is 2.31. The van der Waals surface area contributed by atoms with E-state index < -0.39 is 0 Å². The summed E-state index contributed by atoms with van der Waals surface area (Å²) in [5.41, 5.74) is -0.0496. The molecule has 1 aliphatic rings. The first-order chi connectivity index (χ1) is 9.12. The lowest BCUT2D eigenvalue weighted by Crippen LogP contribution is -2.31. The number of hydrogen-bond acceptors (Lipinski definition) is 4. The molecule has 3 unspecified atom stereocenters. The average molecular weight is 258 g/mol. The van der Waals surface area contributed by atoms with E-state index in [4.69, 9.17) is 0 Å². The molecule has 0 radical (unpaired) electrons. The van der Waals surface area contributed by atoms with Crippen molar-refractivity contribution < 1.29 is 0 Å². The van der Waals surface area contributed by atoms with E-state index >= 15 is 0 Å². The molecule has 0 aromatic carbocycles. The lowest BCUT2D eigenvalue weighted by Gasteiger charge is -2.31. The summed E-state index contributed by atoms with van der Waals surface area (Å²) in [4.78, 5) is 8.64. The van der Waals surface area contributed by atoms with Gasteiger partial charge in [0, 0.05) is 24.5 Å². The van der Waals surface area contributed by atoms with Crippen molar-refractivity contribution in [3.05, 3.63) is 36.6 Å². The molecule has 0 N–H and O–H groups in total. The van der Waals surface area contributed by atoms with E-state index in [9.17, 15) is 0 Å². The molecule has 2 rings (SSSR count). The van der Waals surface area contributed by atoms with E-state index in [0.29, 0.717) is 11.8 Å². The lowest BCUT2D eigenvalue weighted by molar-refractivity contribution is 0.277. The second-order valence-electron chi connectivity index (χ2n) is 5.65. The number of azo groups is 1. The third-order valence-corrected chi connectivity index (χ3v) is 4.11. The van der Waals surface area contributed by atoms with Gasteiger partial charge in [-0.15, -0.1) is 0 Å². The summed E-state index contributed by atoms with van der Waals surface area (Å²) in [6.07, 6.45) is 10.7. The van der Waals surface area contributed by atoms with Gasteiger partial charge >= 0.3 is 0 Å². The van der Waals surface area contributed by atoms with Crippen LogP contribution in [0.5, 0.6) is 0 Å². The van der Waals surface area contributed by atoms with Crippen molar-refractivity contribution >= 4 is 0 Å². The van der Waals surface area contributed by atoms with E-state index in [1.54, 1.807) is 6.20 Å². The van der Waals surface area contributed by atoms with Crippen LogP contribution < -0.4 is 0 Å². The molecule has 0 spiro atoms. The van der Waals surface area contributed by atoms with Gasteiger partial charge in [-0.05, 0) is 38.2 Å². The molecule has 2 heterocycles. The van der Waals surface area contributed by atoms with Gasteiger partial charge in [0.05, 0.1) is 5.54 Å². The highest BCUT2D eigenvalue weighted by atomic mass is 15.1. The van der Waals surface area contributed by atoms with Gasteiger partial charge in [0.2, 0.25) is 0 Å². The van der Waals surface area contributed by atoms with E-state index in [-0.39, 0.29) is 5.54 Å². The molecule has 0 aliphatic carbocycles. The highest BCUT2D eigenvalue weighted by molar-refractivity contribution is 5.00. The van der Waals surface area contributed by atoms with Crippen molar-refractivity contribution in [1.82, 2.24) is 9.97 Å². The van der Waals surface area contributed by atoms with Crippen LogP contribution in [0.3, 0.4) is 0 Å². The van der Waals surface area contributed by atoms with Gasteiger partial charge in [0.15, 0.2) is 0 Å². The van der Waals surface area contributed by atoms with Crippen molar-refractivity contribution in [3.8, 4) is 0 Å². The zero-order valence-corrected chi connectivity index (χ0v) is 12.0. The van der Waals surface area contributed by atoms with Crippen LogP contribution in [0.4, 0.5) is 0 Å². The Morgan fingerprint density at radius 2 is 1.95 bits per heavy atom. The molecular weight excluding hydrogens is 236 g/mol. The van der Waals surface area contributed by atoms with Crippen LogP contribution >= 0.6 is 0 Å².